The van der Waals surface area contributed by atoms with Gasteiger partial charge in [0, 0.05) is 41.7 Å². The molecule has 7 heteroatoms. The van der Waals surface area contributed by atoms with Gasteiger partial charge in [0.15, 0.2) is 0 Å². The van der Waals surface area contributed by atoms with Crippen molar-refractivity contribution < 1.29 is 9.72 Å². The van der Waals surface area contributed by atoms with Crippen molar-refractivity contribution in [3.05, 3.63) is 106 Å². The number of anilines is 1. The molecule has 5 rings (SSSR count). The fourth-order valence-electron chi connectivity index (χ4n) is 4.09. The van der Waals surface area contributed by atoms with Crippen LogP contribution in [0, 0.1) is 10.1 Å². The molecule has 0 spiro atoms. The standard InChI is InChI=1S/C25H20N4O3/c30-24(27-15-14-18-6-4-5-9-23(18)27)16-20-17-28(21-7-2-1-3-8-21)26-25(20)19-10-12-22(13-11-19)29(31)32/h1-13,17H,14-16H2. The molecule has 32 heavy (non-hydrogen) atoms. The average molecular weight is 424 g/mol. The van der Waals surface area contributed by atoms with Crippen molar-refractivity contribution in [2.24, 2.45) is 0 Å². The van der Waals surface area contributed by atoms with E-state index in [-0.39, 0.29) is 18.0 Å². The van der Waals surface area contributed by atoms with E-state index >= 15 is 0 Å². The summed E-state index contributed by atoms with van der Waals surface area (Å²) in [6.45, 7) is 0.665. The van der Waals surface area contributed by atoms with E-state index in [2.05, 4.69) is 6.07 Å². The molecule has 0 unspecified atom stereocenters. The SMILES string of the molecule is O=C(Cc1cn(-c2ccccc2)nc1-c1ccc([N+](=O)[O-])cc1)N1CCc2ccccc21. The lowest BCUT2D eigenvalue weighted by atomic mass is 10.0. The van der Waals surface area contributed by atoms with Crippen molar-refractivity contribution in [1.82, 2.24) is 9.78 Å². The molecule has 1 aliphatic rings. The Morgan fingerprint density at radius 3 is 2.44 bits per heavy atom. The van der Waals surface area contributed by atoms with E-state index in [1.165, 1.54) is 17.7 Å². The van der Waals surface area contributed by atoms with Crippen LogP contribution >= 0.6 is 0 Å². The minimum Gasteiger partial charge on any atom is -0.312 e. The smallest absolute Gasteiger partial charge is 0.269 e. The summed E-state index contributed by atoms with van der Waals surface area (Å²) in [4.78, 5) is 25.7. The lowest BCUT2D eigenvalue weighted by Gasteiger charge is -2.17. The summed E-state index contributed by atoms with van der Waals surface area (Å²) < 4.78 is 1.75. The number of carbonyl (C=O) groups excluding carboxylic acids is 1. The van der Waals surface area contributed by atoms with Crippen molar-refractivity contribution in [2.45, 2.75) is 12.8 Å². The van der Waals surface area contributed by atoms with Crippen LogP contribution in [0.1, 0.15) is 11.1 Å². The summed E-state index contributed by atoms with van der Waals surface area (Å²) >= 11 is 0. The maximum absolute atomic E-state index is 13.2. The van der Waals surface area contributed by atoms with Crippen molar-refractivity contribution in [3.63, 3.8) is 0 Å². The Kier molecular flexibility index (Phi) is 4.99. The topological polar surface area (TPSA) is 81.3 Å². The molecule has 0 radical (unpaired) electrons. The molecule has 0 saturated heterocycles. The van der Waals surface area contributed by atoms with Crippen LogP contribution in [0.3, 0.4) is 0 Å². The van der Waals surface area contributed by atoms with Gasteiger partial charge < -0.3 is 4.90 Å². The molecule has 7 nitrogen and oxygen atoms in total. The van der Waals surface area contributed by atoms with Gasteiger partial charge >= 0.3 is 0 Å². The first-order valence-corrected chi connectivity index (χ1v) is 10.4. The molecule has 0 aliphatic carbocycles. The zero-order valence-corrected chi connectivity index (χ0v) is 17.2. The van der Waals surface area contributed by atoms with Crippen LogP contribution in [-0.4, -0.2) is 27.2 Å². The Balaban J connectivity index is 1.51. The quantitative estimate of drug-likeness (QED) is 0.347. The summed E-state index contributed by atoms with van der Waals surface area (Å²) in [6.07, 6.45) is 2.90. The van der Waals surface area contributed by atoms with Crippen LogP contribution in [0.25, 0.3) is 16.9 Å². The number of nitro benzene ring substituents is 1. The second-order valence-corrected chi connectivity index (χ2v) is 7.69. The number of amides is 1. The van der Waals surface area contributed by atoms with E-state index in [0.717, 1.165) is 28.9 Å². The number of fused-ring (bicyclic) bond motifs is 1. The number of hydrogen-bond donors (Lipinski definition) is 0. The molecule has 0 atom stereocenters. The minimum atomic E-state index is -0.429. The molecule has 2 heterocycles. The van der Waals surface area contributed by atoms with Crippen LogP contribution in [0.5, 0.6) is 0 Å². The second kappa shape index (κ2) is 8.11. The Morgan fingerprint density at radius 2 is 1.69 bits per heavy atom. The molecule has 1 aliphatic heterocycles. The first-order valence-electron chi connectivity index (χ1n) is 10.4. The number of carbonyl (C=O) groups is 1. The molecule has 0 fully saturated rings. The van der Waals surface area contributed by atoms with Gasteiger partial charge in [-0.05, 0) is 42.3 Å². The number of nitrogens with zero attached hydrogens (tertiary/aromatic N) is 4. The predicted molar refractivity (Wildman–Crippen MR) is 122 cm³/mol. The normalized spacial score (nSPS) is 12.6. The Hall–Kier alpha value is -4.26. The van der Waals surface area contributed by atoms with Gasteiger partial charge in [-0.1, -0.05) is 36.4 Å². The van der Waals surface area contributed by atoms with Gasteiger partial charge in [-0.2, -0.15) is 5.10 Å². The molecule has 0 N–H and O–H groups in total. The fraction of sp³-hybridized carbons (Fsp3) is 0.120. The zero-order chi connectivity index (χ0) is 22.1. The molecule has 0 saturated carbocycles. The number of nitro groups is 1. The first-order chi connectivity index (χ1) is 15.6. The maximum Gasteiger partial charge on any atom is 0.269 e. The minimum absolute atomic E-state index is 0.00530. The van der Waals surface area contributed by atoms with E-state index in [1.54, 1.807) is 16.8 Å². The van der Waals surface area contributed by atoms with E-state index in [9.17, 15) is 14.9 Å². The van der Waals surface area contributed by atoms with E-state index < -0.39 is 4.92 Å². The summed E-state index contributed by atoms with van der Waals surface area (Å²) in [7, 11) is 0. The third kappa shape index (κ3) is 3.65. The highest BCUT2D eigenvalue weighted by molar-refractivity contribution is 5.97. The Bertz CT molecular complexity index is 1300. The van der Waals surface area contributed by atoms with Gasteiger partial charge in [0.1, 0.15) is 0 Å². The van der Waals surface area contributed by atoms with Crippen molar-refractivity contribution >= 4 is 17.3 Å². The summed E-state index contributed by atoms with van der Waals surface area (Å²) in [5, 5.41) is 15.8. The highest BCUT2D eigenvalue weighted by Gasteiger charge is 2.26. The lowest BCUT2D eigenvalue weighted by Crippen LogP contribution is -2.30. The number of hydrogen-bond acceptors (Lipinski definition) is 4. The summed E-state index contributed by atoms with van der Waals surface area (Å²) in [6, 6.07) is 23.9. The van der Waals surface area contributed by atoms with Gasteiger partial charge in [-0.3, -0.25) is 14.9 Å². The molecule has 3 aromatic carbocycles. The molecule has 158 valence electrons. The molecule has 1 amide bonds. The van der Waals surface area contributed by atoms with Crippen molar-refractivity contribution in [2.75, 3.05) is 11.4 Å². The number of aromatic nitrogens is 2. The number of rotatable bonds is 5. The van der Waals surface area contributed by atoms with Crippen molar-refractivity contribution in [3.8, 4) is 16.9 Å². The van der Waals surface area contributed by atoms with E-state index in [4.69, 9.17) is 5.10 Å². The van der Waals surface area contributed by atoms with E-state index in [1.807, 2.05) is 59.6 Å². The van der Waals surface area contributed by atoms with Gasteiger partial charge in [0.05, 0.1) is 22.7 Å². The average Bonchev–Trinajstić information content (AvgIpc) is 3.44. The maximum atomic E-state index is 13.2. The zero-order valence-electron chi connectivity index (χ0n) is 17.2. The molecule has 0 bridgehead atoms. The highest BCUT2D eigenvalue weighted by Crippen LogP contribution is 2.30. The molecular weight excluding hydrogens is 404 g/mol. The van der Waals surface area contributed by atoms with Gasteiger partial charge in [0.2, 0.25) is 5.91 Å². The molecule has 1 aromatic heterocycles. The van der Waals surface area contributed by atoms with Gasteiger partial charge in [0.25, 0.3) is 5.69 Å². The van der Waals surface area contributed by atoms with Crippen LogP contribution in [0.2, 0.25) is 0 Å². The number of non-ortho nitro benzene ring substituents is 1. The van der Waals surface area contributed by atoms with Gasteiger partial charge in [-0.25, -0.2) is 4.68 Å². The summed E-state index contributed by atoms with van der Waals surface area (Å²) in [5.41, 5.74) is 5.18. The number of benzene rings is 3. The first kappa shape index (κ1) is 19.7. The summed E-state index contributed by atoms with van der Waals surface area (Å²) in [5.74, 6) is 0.00530. The molecular formula is C25H20N4O3. The second-order valence-electron chi connectivity index (χ2n) is 7.69. The Morgan fingerprint density at radius 1 is 0.969 bits per heavy atom. The number of para-hydroxylation sites is 2. The van der Waals surface area contributed by atoms with Gasteiger partial charge in [-0.15, -0.1) is 0 Å². The Labute approximate surface area is 184 Å². The van der Waals surface area contributed by atoms with Crippen LogP contribution in [0.4, 0.5) is 11.4 Å². The van der Waals surface area contributed by atoms with Crippen LogP contribution in [0.15, 0.2) is 85.1 Å². The van der Waals surface area contributed by atoms with Crippen LogP contribution in [-0.2, 0) is 17.6 Å². The van der Waals surface area contributed by atoms with E-state index in [0.29, 0.717) is 12.2 Å². The lowest BCUT2D eigenvalue weighted by molar-refractivity contribution is -0.384. The van der Waals surface area contributed by atoms with Crippen LogP contribution < -0.4 is 4.90 Å². The third-order valence-corrected chi connectivity index (χ3v) is 5.69. The largest absolute Gasteiger partial charge is 0.312 e. The van der Waals surface area contributed by atoms with Crippen molar-refractivity contribution in [1.29, 1.82) is 0 Å². The monoisotopic (exact) mass is 424 g/mol. The third-order valence-electron chi connectivity index (χ3n) is 5.69. The molecule has 4 aromatic rings. The fourth-order valence-corrected chi connectivity index (χ4v) is 4.09. The predicted octanol–water partition coefficient (Wildman–Crippen LogP) is 4.58. The highest BCUT2D eigenvalue weighted by atomic mass is 16.6.